The van der Waals surface area contributed by atoms with E-state index in [0.29, 0.717) is 56.1 Å². The zero-order valence-electron chi connectivity index (χ0n) is 34.7. The average molecular weight is 799 g/mol. The first-order valence-electron chi connectivity index (χ1n) is 21.9. The number of carbonyl (C=O) groups excluding carboxylic acids is 2. The third-order valence-electron chi connectivity index (χ3n) is 18.2. The van der Waals surface area contributed by atoms with Gasteiger partial charge in [-0.1, -0.05) is 88.4 Å². The van der Waals surface area contributed by atoms with E-state index in [9.17, 15) is 33.0 Å². The minimum Gasteiger partial charge on any atom is -0.393 e. The van der Waals surface area contributed by atoms with Crippen molar-refractivity contribution in [1.29, 1.82) is 0 Å². The van der Waals surface area contributed by atoms with Crippen LogP contribution in [0.1, 0.15) is 126 Å². The van der Waals surface area contributed by atoms with Crippen LogP contribution in [-0.4, -0.2) is 51.7 Å². The average Bonchev–Trinajstić information content (AvgIpc) is 3.46. The molecule has 312 valence electrons. The Kier molecular flexibility index (Phi) is 9.16. The smallest absolute Gasteiger partial charge is 0.393 e. The zero-order valence-corrected chi connectivity index (χ0v) is 34.7. The Morgan fingerprint density at radius 2 is 1.60 bits per heavy atom. The fraction of sp³-hybridized carbons (Fsp3) is 0.633. The molecule has 0 aliphatic heterocycles. The highest BCUT2D eigenvalue weighted by Gasteiger charge is 2.74. The van der Waals surface area contributed by atoms with Crippen molar-refractivity contribution in [2.45, 2.75) is 123 Å². The van der Waals surface area contributed by atoms with Gasteiger partial charge in [-0.05, 0) is 129 Å². The normalized spacial score (nSPS) is 41.0. The van der Waals surface area contributed by atoms with Crippen LogP contribution in [0.2, 0.25) is 0 Å². The van der Waals surface area contributed by atoms with E-state index in [1.807, 2.05) is 48.2 Å². The minimum atomic E-state index is -4.60. The summed E-state index contributed by atoms with van der Waals surface area (Å²) in [6.45, 7) is 11.9. The van der Waals surface area contributed by atoms with Crippen LogP contribution < -0.4 is 5.32 Å². The first-order chi connectivity index (χ1) is 27.3. The van der Waals surface area contributed by atoms with Gasteiger partial charge in [0.1, 0.15) is 0 Å². The Balaban J connectivity index is 1.09. The molecule has 58 heavy (non-hydrogen) atoms. The Labute approximate surface area is 341 Å². The number of urea groups is 1. The minimum absolute atomic E-state index is 0.00479. The summed E-state index contributed by atoms with van der Waals surface area (Å²) in [4.78, 5) is 31.5. The summed E-state index contributed by atoms with van der Waals surface area (Å²) >= 11 is 0. The van der Waals surface area contributed by atoms with Gasteiger partial charge in [-0.15, -0.1) is 0 Å². The summed E-state index contributed by atoms with van der Waals surface area (Å²) in [5.41, 5.74) is -2.80. The molecule has 6 nitrogen and oxygen atoms in total. The van der Waals surface area contributed by atoms with E-state index in [4.69, 9.17) is 0 Å². The van der Waals surface area contributed by atoms with Gasteiger partial charge >= 0.3 is 12.2 Å². The summed E-state index contributed by atoms with van der Waals surface area (Å²) < 4.78 is 42.1. The predicted octanol–water partition coefficient (Wildman–Crippen LogP) is 10.3. The lowest BCUT2D eigenvalue weighted by Gasteiger charge is -2.71. The number of nitrogens with one attached hydrogen (secondary N) is 1. The van der Waals surface area contributed by atoms with Gasteiger partial charge in [-0.3, -0.25) is 4.79 Å². The molecule has 2 aromatic carbocycles. The number of alkyl halides is 3. The topological polar surface area (TPSA) is 89.9 Å². The van der Waals surface area contributed by atoms with Gasteiger partial charge in [-0.25, -0.2) is 4.79 Å². The van der Waals surface area contributed by atoms with Gasteiger partial charge < -0.3 is 20.4 Å². The van der Waals surface area contributed by atoms with Crippen LogP contribution in [0.25, 0.3) is 0 Å². The maximum Gasteiger partial charge on any atom is 0.416 e. The van der Waals surface area contributed by atoms with E-state index in [1.54, 1.807) is 0 Å². The molecule has 6 saturated carbocycles. The van der Waals surface area contributed by atoms with Crippen molar-refractivity contribution in [3.63, 3.8) is 0 Å². The summed E-state index contributed by atoms with van der Waals surface area (Å²) in [5, 5.41) is 27.7. The molecule has 9 heteroatoms. The maximum atomic E-state index is 15.0. The number of aliphatic hydroxyl groups excluding tert-OH is 1. The maximum absolute atomic E-state index is 15.0. The van der Waals surface area contributed by atoms with Crippen LogP contribution in [0.15, 0.2) is 78.4 Å². The Morgan fingerprint density at radius 1 is 0.897 bits per heavy atom. The third-order valence-corrected chi connectivity index (χ3v) is 18.2. The summed E-state index contributed by atoms with van der Waals surface area (Å²) in [6, 6.07) is 14.3. The van der Waals surface area contributed by atoms with Crippen LogP contribution in [-0.2, 0) is 6.18 Å². The van der Waals surface area contributed by atoms with Crippen molar-refractivity contribution >= 4 is 11.8 Å². The van der Waals surface area contributed by atoms with E-state index in [2.05, 4.69) is 45.2 Å². The van der Waals surface area contributed by atoms with Crippen molar-refractivity contribution in [3.05, 3.63) is 95.1 Å². The first-order valence-corrected chi connectivity index (χ1v) is 21.9. The molecule has 0 heterocycles. The number of amides is 2. The summed E-state index contributed by atoms with van der Waals surface area (Å²) in [6.07, 6.45) is 9.05. The second-order valence-corrected chi connectivity index (χ2v) is 20.9. The molecule has 0 saturated heterocycles. The Bertz CT molecular complexity index is 2050. The van der Waals surface area contributed by atoms with Crippen molar-refractivity contribution in [2.24, 2.45) is 56.7 Å². The van der Waals surface area contributed by atoms with Crippen molar-refractivity contribution in [1.82, 2.24) is 10.2 Å². The highest BCUT2D eigenvalue weighted by atomic mass is 19.4. The van der Waals surface area contributed by atoms with Crippen LogP contribution in [0, 0.1) is 56.7 Å². The number of Topliss-reactive ketones (excluding diaryl/α,β-unsaturated/α-hetero) is 1. The number of fused-ring (bicyclic) bond motifs is 3. The van der Waals surface area contributed by atoms with E-state index in [0.717, 1.165) is 49.3 Å². The number of nitrogens with zero attached hydrogens (tertiary/aromatic N) is 1. The number of carbonyl (C=O) groups is 2. The zero-order chi connectivity index (χ0) is 41.3. The number of aliphatic hydroxyl groups is 2. The number of benzene rings is 2. The molecule has 9 aliphatic rings. The van der Waals surface area contributed by atoms with Crippen LogP contribution >= 0.6 is 0 Å². The van der Waals surface area contributed by atoms with E-state index < -0.39 is 45.5 Å². The van der Waals surface area contributed by atoms with E-state index in [1.165, 1.54) is 18.6 Å². The lowest BCUT2D eigenvalue weighted by atomic mass is 9.32. The third kappa shape index (κ3) is 5.63. The molecular formula is C49H61F3N2O4. The number of halogens is 3. The lowest BCUT2D eigenvalue weighted by molar-refractivity contribution is -0.176. The first kappa shape index (κ1) is 40.0. The SMILES string of the molecule is CC(NC(=O)N(CC1CCC2CC1C2(C)C)CC1(O)CCC2C34C=CC5(C=C3C(=O)c3cccc(C(F)(F)F)c3)CC(O)CCC5(C)C4CCC21C)c1ccccc1. The van der Waals surface area contributed by atoms with Gasteiger partial charge in [0.15, 0.2) is 5.78 Å². The molecule has 12 unspecified atom stereocenters. The quantitative estimate of drug-likeness (QED) is 0.183. The molecular weight excluding hydrogens is 738 g/mol. The van der Waals surface area contributed by atoms with Crippen LogP contribution in [0.4, 0.5) is 18.0 Å². The second-order valence-electron chi connectivity index (χ2n) is 20.9. The van der Waals surface area contributed by atoms with Crippen LogP contribution in [0.3, 0.4) is 0 Å². The fourth-order valence-corrected chi connectivity index (χ4v) is 14.7. The van der Waals surface area contributed by atoms with Gasteiger partial charge in [0, 0.05) is 33.9 Å². The van der Waals surface area contributed by atoms with Gasteiger partial charge in [0.25, 0.3) is 0 Å². The molecule has 2 aromatic rings. The van der Waals surface area contributed by atoms with Crippen molar-refractivity contribution < 1.29 is 33.0 Å². The molecule has 3 N–H and O–H groups in total. The molecule has 4 bridgehead atoms. The van der Waals surface area contributed by atoms with Crippen molar-refractivity contribution in [2.75, 3.05) is 13.1 Å². The van der Waals surface area contributed by atoms with Gasteiger partial charge in [0.05, 0.1) is 29.9 Å². The standard InChI is InChI=1S/C49H61F3N2O4/c1-30(31-10-7-6-8-11-31)53-42(57)54(28-33-14-15-34-25-37(33)43(34,2)3)29-47(58)21-18-40-45(47,5)20-17-39-44(4)19-16-36(55)26-46(44)22-23-48(39,40)38(27-46)41(56)32-12-9-13-35(24-32)49(50,51)52/h6-13,22-24,27,30,33-34,36-37,39-40,55,58H,14-21,25-26,28-29H2,1-5H3,(H,53,57). The molecule has 0 aromatic heterocycles. The van der Waals surface area contributed by atoms with Crippen LogP contribution in [0.5, 0.6) is 0 Å². The van der Waals surface area contributed by atoms with Gasteiger partial charge in [-0.2, -0.15) is 13.2 Å². The molecule has 12 atom stereocenters. The van der Waals surface area contributed by atoms with Crippen molar-refractivity contribution in [3.8, 4) is 0 Å². The van der Waals surface area contributed by atoms with Gasteiger partial charge in [0.2, 0.25) is 0 Å². The molecule has 0 radical (unpaired) electrons. The number of ketones is 1. The number of hydrogen-bond donors (Lipinski definition) is 3. The molecule has 6 fully saturated rings. The lowest BCUT2D eigenvalue weighted by Crippen LogP contribution is -2.67. The predicted molar refractivity (Wildman–Crippen MR) is 217 cm³/mol. The van der Waals surface area contributed by atoms with E-state index >= 15 is 0 Å². The Hall–Kier alpha value is -3.43. The fourth-order valence-electron chi connectivity index (χ4n) is 14.7. The Morgan fingerprint density at radius 3 is 2.31 bits per heavy atom. The molecule has 11 rings (SSSR count). The summed E-state index contributed by atoms with van der Waals surface area (Å²) in [7, 11) is 0. The monoisotopic (exact) mass is 798 g/mol. The molecule has 2 amide bonds. The highest BCUT2D eigenvalue weighted by molar-refractivity contribution is 6.10. The van der Waals surface area contributed by atoms with E-state index in [-0.39, 0.29) is 46.8 Å². The second kappa shape index (κ2) is 13.3. The number of allylic oxidation sites excluding steroid dienone is 4. The molecule has 2 spiro atoms. The number of hydrogen-bond acceptors (Lipinski definition) is 4. The largest absolute Gasteiger partial charge is 0.416 e. The number of rotatable bonds is 8. The highest BCUT2D eigenvalue weighted by Crippen LogP contribution is 2.78. The summed E-state index contributed by atoms with van der Waals surface area (Å²) in [5.74, 6) is 0.955. The molecule has 9 aliphatic carbocycles.